The number of hydrogen-bond donors (Lipinski definition) is 2. The van der Waals surface area contributed by atoms with Crippen LogP contribution in [-0.4, -0.2) is 17.4 Å². The van der Waals surface area contributed by atoms with Crippen LogP contribution in [0.15, 0.2) is 36.7 Å². The summed E-state index contributed by atoms with van der Waals surface area (Å²) in [6.45, 7) is 2.71. The van der Waals surface area contributed by atoms with E-state index in [-0.39, 0.29) is 5.91 Å². The predicted octanol–water partition coefficient (Wildman–Crippen LogP) is 4.07. The average Bonchev–Trinajstić information content (AvgIpc) is 2.42. The average molecular weight is 310 g/mol. The molecule has 20 heavy (non-hydrogen) atoms. The summed E-state index contributed by atoms with van der Waals surface area (Å²) in [5, 5.41) is 6.80. The van der Waals surface area contributed by atoms with Gasteiger partial charge in [0.15, 0.2) is 0 Å². The van der Waals surface area contributed by atoms with Gasteiger partial charge in [-0.3, -0.25) is 9.78 Å². The molecular weight excluding hydrogens is 297 g/mol. The molecule has 0 bridgehead atoms. The van der Waals surface area contributed by atoms with E-state index < -0.39 is 0 Å². The number of amides is 1. The van der Waals surface area contributed by atoms with Crippen molar-refractivity contribution in [3.63, 3.8) is 0 Å². The van der Waals surface area contributed by atoms with Crippen LogP contribution in [-0.2, 0) is 0 Å². The minimum Gasteiger partial charge on any atom is -0.384 e. The zero-order valence-electron chi connectivity index (χ0n) is 10.8. The van der Waals surface area contributed by atoms with Crippen molar-refractivity contribution in [2.75, 3.05) is 17.2 Å². The number of hydrogen-bond acceptors (Lipinski definition) is 3. The van der Waals surface area contributed by atoms with Crippen LogP contribution in [0.4, 0.5) is 11.4 Å². The van der Waals surface area contributed by atoms with Crippen molar-refractivity contribution in [3.8, 4) is 0 Å². The highest BCUT2D eigenvalue weighted by atomic mass is 35.5. The van der Waals surface area contributed by atoms with Crippen LogP contribution in [0, 0.1) is 0 Å². The lowest BCUT2D eigenvalue weighted by Crippen LogP contribution is -2.14. The smallest absolute Gasteiger partial charge is 0.257 e. The van der Waals surface area contributed by atoms with Gasteiger partial charge >= 0.3 is 0 Å². The lowest BCUT2D eigenvalue weighted by molar-refractivity contribution is 0.102. The topological polar surface area (TPSA) is 54.0 Å². The molecule has 0 fully saturated rings. The molecule has 4 nitrogen and oxygen atoms in total. The summed E-state index contributed by atoms with van der Waals surface area (Å²) < 4.78 is 0. The summed E-state index contributed by atoms with van der Waals surface area (Å²) in [6.07, 6.45) is 2.95. The summed E-state index contributed by atoms with van der Waals surface area (Å²) in [6, 6.07) is 6.83. The number of rotatable bonds is 4. The van der Waals surface area contributed by atoms with E-state index >= 15 is 0 Å². The van der Waals surface area contributed by atoms with Crippen LogP contribution in [0.1, 0.15) is 17.3 Å². The molecule has 6 heteroatoms. The molecule has 2 N–H and O–H groups in total. The second-order valence-electron chi connectivity index (χ2n) is 4.03. The van der Waals surface area contributed by atoms with E-state index in [0.29, 0.717) is 21.3 Å². The quantitative estimate of drug-likeness (QED) is 0.895. The number of anilines is 2. The molecule has 0 aliphatic carbocycles. The second kappa shape index (κ2) is 6.59. The maximum atomic E-state index is 12.2. The molecule has 104 valence electrons. The number of carbonyl (C=O) groups is 1. The molecule has 1 aromatic carbocycles. The Bertz CT molecular complexity index is 632. The van der Waals surface area contributed by atoms with Crippen molar-refractivity contribution in [1.29, 1.82) is 0 Å². The summed E-state index contributed by atoms with van der Waals surface area (Å²) in [5.74, 6) is -0.307. The summed E-state index contributed by atoms with van der Waals surface area (Å²) >= 11 is 11.9. The summed E-state index contributed by atoms with van der Waals surface area (Å²) in [4.78, 5) is 16.1. The Kier molecular flexibility index (Phi) is 4.82. The first kappa shape index (κ1) is 14.6. The predicted molar refractivity (Wildman–Crippen MR) is 82.8 cm³/mol. The van der Waals surface area contributed by atoms with Gasteiger partial charge in [-0.1, -0.05) is 23.2 Å². The zero-order valence-corrected chi connectivity index (χ0v) is 12.3. The maximum Gasteiger partial charge on any atom is 0.257 e. The number of halogens is 2. The molecule has 1 aromatic heterocycles. The number of nitrogens with zero attached hydrogens (tertiary/aromatic N) is 1. The van der Waals surface area contributed by atoms with Gasteiger partial charge in [0.2, 0.25) is 0 Å². The van der Waals surface area contributed by atoms with Crippen LogP contribution in [0.2, 0.25) is 10.0 Å². The van der Waals surface area contributed by atoms with E-state index in [1.807, 2.05) is 13.0 Å². The molecule has 1 heterocycles. The molecule has 0 aliphatic rings. The molecule has 2 rings (SSSR count). The fraction of sp³-hybridized carbons (Fsp3) is 0.143. The summed E-state index contributed by atoms with van der Waals surface area (Å²) in [5.41, 5.74) is 1.77. The highest BCUT2D eigenvalue weighted by molar-refractivity contribution is 6.34. The number of carbonyl (C=O) groups excluding carboxylic acids is 1. The Labute approximate surface area is 127 Å². The highest BCUT2D eigenvalue weighted by Crippen LogP contribution is 2.26. The van der Waals surface area contributed by atoms with Crippen molar-refractivity contribution in [3.05, 3.63) is 52.3 Å². The van der Waals surface area contributed by atoms with Crippen LogP contribution in [0.3, 0.4) is 0 Å². The standard InChI is InChI=1S/C14H13Cl2N3O/c1-2-18-12-4-3-9(15)7-13(12)19-14(20)10-5-6-17-8-11(10)16/h3-8,18H,2H2,1H3,(H,19,20). The van der Waals surface area contributed by atoms with Crippen LogP contribution < -0.4 is 10.6 Å². The molecule has 2 aromatic rings. The molecule has 0 spiro atoms. The molecule has 0 unspecified atom stereocenters. The molecular formula is C14H13Cl2N3O. The van der Waals surface area contributed by atoms with E-state index in [9.17, 15) is 4.79 Å². The summed E-state index contributed by atoms with van der Waals surface area (Å²) in [7, 11) is 0. The van der Waals surface area contributed by atoms with E-state index in [4.69, 9.17) is 23.2 Å². The first-order chi connectivity index (χ1) is 9.61. The third-order valence-corrected chi connectivity index (χ3v) is 3.15. The van der Waals surface area contributed by atoms with E-state index in [2.05, 4.69) is 15.6 Å². The van der Waals surface area contributed by atoms with E-state index in [1.165, 1.54) is 12.4 Å². The first-order valence-corrected chi connectivity index (χ1v) is 6.81. The van der Waals surface area contributed by atoms with Gasteiger partial charge in [-0.05, 0) is 31.2 Å². The van der Waals surface area contributed by atoms with Gasteiger partial charge in [-0.15, -0.1) is 0 Å². The SMILES string of the molecule is CCNc1ccc(Cl)cc1NC(=O)c1ccncc1Cl. The van der Waals surface area contributed by atoms with Crippen LogP contribution in [0.25, 0.3) is 0 Å². The number of aromatic nitrogens is 1. The van der Waals surface area contributed by atoms with Gasteiger partial charge in [0, 0.05) is 24.0 Å². The van der Waals surface area contributed by atoms with E-state index in [0.717, 1.165) is 12.2 Å². The largest absolute Gasteiger partial charge is 0.384 e. The van der Waals surface area contributed by atoms with Gasteiger partial charge in [-0.2, -0.15) is 0 Å². The minimum absolute atomic E-state index is 0.303. The van der Waals surface area contributed by atoms with Crippen molar-refractivity contribution in [2.24, 2.45) is 0 Å². The number of benzene rings is 1. The zero-order chi connectivity index (χ0) is 14.5. The number of pyridine rings is 1. The number of nitrogens with one attached hydrogen (secondary N) is 2. The normalized spacial score (nSPS) is 10.2. The maximum absolute atomic E-state index is 12.2. The van der Waals surface area contributed by atoms with Crippen LogP contribution in [0.5, 0.6) is 0 Å². The Morgan fingerprint density at radius 3 is 2.75 bits per heavy atom. The van der Waals surface area contributed by atoms with Gasteiger partial charge in [0.05, 0.1) is 22.0 Å². The first-order valence-electron chi connectivity index (χ1n) is 6.06. The fourth-order valence-corrected chi connectivity index (χ4v) is 2.09. The van der Waals surface area contributed by atoms with Crippen molar-refractivity contribution in [1.82, 2.24) is 4.98 Å². The minimum atomic E-state index is -0.307. The Hall–Kier alpha value is -1.78. The van der Waals surface area contributed by atoms with Crippen LogP contribution >= 0.6 is 23.2 Å². The lowest BCUT2D eigenvalue weighted by Gasteiger charge is -2.13. The van der Waals surface area contributed by atoms with Crippen molar-refractivity contribution < 1.29 is 4.79 Å². The Balaban J connectivity index is 2.27. The Morgan fingerprint density at radius 1 is 1.25 bits per heavy atom. The third kappa shape index (κ3) is 3.40. The third-order valence-electron chi connectivity index (χ3n) is 2.61. The fourth-order valence-electron chi connectivity index (χ4n) is 1.71. The lowest BCUT2D eigenvalue weighted by atomic mass is 10.2. The van der Waals surface area contributed by atoms with Gasteiger partial charge < -0.3 is 10.6 Å². The molecule has 0 saturated heterocycles. The molecule has 0 saturated carbocycles. The van der Waals surface area contributed by atoms with Gasteiger partial charge in [0.1, 0.15) is 0 Å². The van der Waals surface area contributed by atoms with E-state index in [1.54, 1.807) is 18.2 Å². The Morgan fingerprint density at radius 2 is 2.05 bits per heavy atom. The molecule has 0 aliphatic heterocycles. The molecule has 0 radical (unpaired) electrons. The monoisotopic (exact) mass is 309 g/mol. The van der Waals surface area contributed by atoms with Gasteiger partial charge in [-0.25, -0.2) is 0 Å². The van der Waals surface area contributed by atoms with Gasteiger partial charge in [0.25, 0.3) is 5.91 Å². The highest BCUT2D eigenvalue weighted by Gasteiger charge is 2.12. The van der Waals surface area contributed by atoms with Crippen molar-refractivity contribution in [2.45, 2.75) is 6.92 Å². The molecule has 0 atom stereocenters. The molecule has 1 amide bonds. The second-order valence-corrected chi connectivity index (χ2v) is 4.87. The van der Waals surface area contributed by atoms with Crippen molar-refractivity contribution >= 4 is 40.5 Å².